The molecule has 220 valence electrons. The van der Waals surface area contributed by atoms with E-state index in [-0.39, 0.29) is 16.2 Å². The van der Waals surface area contributed by atoms with E-state index in [1.807, 2.05) is 11.8 Å². The molecule has 0 nitrogen and oxygen atoms in total. The molecule has 1 heteroatoms. The van der Waals surface area contributed by atoms with Crippen molar-refractivity contribution in [3.05, 3.63) is 132 Å². The summed E-state index contributed by atoms with van der Waals surface area (Å²) >= 11 is 1.84. The molecule has 0 saturated carbocycles. The Kier molecular flexibility index (Phi) is 8.52. The van der Waals surface area contributed by atoms with Crippen LogP contribution in [0.25, 0.3) is 33.4 Å². The molecule has 43 heavy (non-hydrogen) atoms. The largest absolute Gasteiger partial charge is 0.0894 e. The summed E-state index contributed by atoms with van der Waals surface area (Å²) in [6, 6.07) is 43.1. The van der Waals surface area contributed by atoms with Crippen molar-refractivity contribution in [2.24, 2.45) is 0 Å². The fourth-order valence-electron chi connectivity index (χ4n) is 5.53. The molecule has 0 aromatic heterocycles. The number of rotatable bonds is 5. The lowest BCUT2D eigenvalue weighted by Gasteiger charge is -2.24. The van der Waals surface area contributed by atoms with E-state index in [4.69, 9.17) is 0 Å². The monoisotopic (exact) mass is 582 g/mol. The second-order valence-corrected chi connectivity index (χ2v) is 15.9. The van der Waals surface area contributed by atoms with Crippen molar-refractivity contribution in [2.75, 3.05) is 0 Å². The molecule has 5 aromatic rings. The van der Waals surface area contributed by atoms with Gasteiger partial charge in [0.15, 0.2) is 0 Å². The van der Waals surface area contributed by atoms with Gasteiger partial charge in [-0.15, -0.1) is 0 Å². The molecule has 0 amide bonds. The lowest BCUT2D eigenvalue weighted by atomic mass is 9.82. The SMILES string of the molecule is CC(C)(C)c1ccc(-c2ccc(Sc3ccccc3)c(-c3ccc(C(C)(C)C)cc3)c2-c2ccc(C(C)(C)C)cc2)cc1. The Morgan fingerprint density at radius 2 is 0.767 bits per heavy atom. The third-order valence-electron chi connectivity index (χ3n) is 8.28. The topological polar surface area (TPSA) is 0 Å². The van der Waals surface area contributed by atoms with Crippen molar-refractivity contribution < 1.29 is 0 Å². The van der Waals surface area contributed by atoms with Gasteiger partial charge in [0.1, 0.15) is 0 Å². The van der Waals surface area contributed by atoms with Crippen LogP contribution in [0.3, 0.4) is 0 Å². The average molecular weight is 583 g/mol. The maximum atomic E-state index is 2.33. The van der Waals surface area contributed by atoms with Gasteiger partial charge in [0.05, 0.1) is 0 Å². The van der Waals surface area contributed by atoms with E-state index in [1.165, 1.54) is 59.9 Å². The highest BCUT2D eigenvalue weighted by atomic mass is 32.2. The molecule has 0 unspecified atom stereocenters. The highest BCUT2D eigenvalue weighted by Crippen LogP contribution is 2.47. The van der Waals surface area contributed by atoms with E-state index >= 15 is 0 Å². The summed E-state index contributed by atoms with van der Waals surface area (Å²) in [5, 5.41) is 0. The van der Waals surface area contributed by atoms with E-state index in [2.05, 4.69) is 178 Å². The zero-order valence-electron chi connectivity index (χ0n) is 27.4. The molecule has 0 saturated heterocycles. The lowest BCUT2D eigenvalue weighted by molar-refractivity contribution is 0.590. The highest BCUT2D eigenvalue weighted by Gasteiger charge is 2.22. The van der Waals surface area contributed by atoms with Crippen LogP contribution in [-0.4, -0.2) is 0 Å². The van der Waals surface area contributed by atoms with Gasteiger partial charge < -0.3 is 0 Å². The predicted molar refractivity (Wildman–Crippen MR) is 189 cm³/mol. The smallest absolute Gasteiger partial charge is 0.0207 e. The van der Waals surface area contributed by atoms with Gasteiger partial charge in [0, 0.05) is 15.4 Å². The minimum Gasteiger partial charge on any atom is -0.0894 e. The molecule has 5 aromatic carbocycles. The Bertz CT molecular complexity index is 1670. The van der Waals surface area contributed by atoms with Crippen molar-refractivity contribution in [1.82, 2.24) is 0 Å². The second-order valence-electron chi connectivity index (χ2n) is 14.8. The Morgan fingerprint density at radius 1 is 0.372 bits per heavy atom. The summed E-state index contributed by atoms with van der Waals surface area (Å²) in [6.45, 7) is 20.5. The van der Waals surface area contributed by atoms with Crippen molar-refractivity contribution in [3.8, 4) is 33.4 Å². The third-order valence-corrected chi connectivity index (χ3v) is 9.35. The van der Waals surface area contributed by atoms with Crippen LogP contribution in [0.15, 0.2) is 125 Å². The van der Waals surface area contributed by atoms with Gasteiger partial charge >= 0.3 is 0 Å². The molecule has 0 aliphatic heterocycles. The summed E-state index contributed by atoms with van der Waals surface area (Å²) in [5.74, 6) is 0. The Morgan fingerprint density at radius 3 is 1.19 bits per heavy atom. The maximum Gasteiger partial charge on any atom is 0.0207 e. The molecule has 0 aliphatic rings. The molecular formula is C42H46S. The molecule has 0 atom stereocenters. The fraction of sp³-hybridized carbons (Fsp3) is 0.286. The zero-order chi connectivity index (χ0) is 31.0. The predicted octanol–water partition coefficient (Wildman–Crippen LogP) is 12.7. The number of hydrogen-bond acceptors (Lipinski definition) is 1. The van der Waals surface area contributed by atoms with Crippen LogP contribution < -0.4 is 0 Å². The van der Waals surface area contributed by atoms with Crippen LogP contribution in [0.5, 0.6) is 0 Å². The van der Waals surface area contributed by atoms with Gasteiger partial charge in [-0.25, -0.2) is 0 Å². The number of benzene rings is 5. The van der Waals surface area contributed by atoms with Crippen molar-refractivity contribution in [2.45, 2.75) is 88.3 Å². The molecule has 0 radical (unpaired) electrons. The molecule has 0 fully saturated rings. The average Bonchev–Trinajstić information content (AvgIpc) is 2.96. The first-order valence-electron chi connectivity index (χ1n) is 15.4. The van der Waals surface area contributed by atoms with Gasteiger partial charge in [-0.1, -0.05) is 171 Å². The second kappa shape index (κ2) is 11.9. The maximum absolute atomic E-state index is 2.33. The molecular weight excluding hydrogens is 537 g/mol. The van der Waals surface area contributed by atoms with Crippen molar-refractivity contribution >= 4 is 11.8 Å². The number of hydrogen-bond donors (Lipinski definition) is 0. The summed E-state index contributed by atoms with van der Waals surface area (Å²) in [5.41, 5.74) is 11.9. The highest BCUT2D eigenvalue weighted by molar-refractivity contribution is 7.99. The van der Waals surface area contributed by atoms with Gasteiger partial charge in [0.25, 0.3) is 0 Å². The van der Waals surface area contributed by atoms with Gasteiger partial charge in [-0.2, -0.15) is 0 Å². The normalized spacial score (nSPS) is 12.4. The molecule has 0 N–H and O–H groups in total. The van der Waals surface area contributed by atoms with Gasteiger partial charge in [-0.3, -0.25) is 0 Å². The first kappa shape index (κ1) is 30.9. The minimum atomic E-state index is 0.0980. The van der Waals surface area contributed by atoms with Crippen LogP contribution in [0.4, 0.5) is 0 Å². The van der Waals surface area contributed by atoms with E-state index in [9.17, 15) is 0 Å². The standard InChI is InChI=1S/C42H46S/c1-40(2,3)32-21-15-29(16-22-32)36-27-28-37(43-35-13-11-10-12-14-35)39(31-19-25-34(26-20-31)42(7,8)9)38(36)30-17-23-33(24-18-30)41(4,5)6/h10-28H,1-9H3. The molecule has 0 heterocycles. The Labute approximate surface area is 264 Å². The van der Waals surface area contributed by atoms with Crippen LogP contribution >= 0.6 is 11.8 Å². The first-order chi connectivity index (χ1) is 20.2. The Hall–Kier alpha value is -3.55. The summed E-state index contributed by atoms with van der Waals surface area (Å²) in [6.07, 6.45) is 0. The molecule has 0 aliphatic carbocycles. The van der Waals surface area contributed by atoms with Gasteiger partial charge in [-0.05, 0) is 79.0 Å². The zero-order valence-corrected chi connectivity index (χ0v) is 28.2. The third kappa shape index (κ3) is 7.00. The van der Waals surface area contributed by atoms with Crippen molar-refractivity contribution in [1.29, 1.82) is 0 Å². The van der Waals surface area contributed by atoms with Crippen LogP contribution in [0.2, 0.25) is 0 Å². The molecule has 5 rings (SSSR count). The summed E-state index contributed by atoms with van der Waals surface area (Å²) < 4.78 is 0. The van der Waals surface area contributed by atoms with E-state index in [0.29, 0.717) is 0 Å². The van der Waals surface area contributed by atoms with Crippen molar-refractivity contribution in [3.63, 3.8) is 0 Å². The lowest BCUT2D eigenvalue weighted by Crippen LogP contribution is -2.11. The van der Waals surface area contributed by atoms with Gasteiger partial charge in [0.2, 0.25) is 0 Å². The minimum absolute atomic E-state index is 0.0980. The summed E-state index contributed by atoms with van der Waals surface area (Å²) in [4.78, 5) is 2.51. The molecule has 0 bridgehead atoms. The first-order valence-corrected chi connectivity index (χ1v) is 16.3. The molecule has 0 spiro atoms. The Balaban J connectivity index is 1.79. The van der Waals surface area contributed by atoms with Crippen LogP contribution in [0, 0.1) is 0 Å². The van der Waals surface area contributed by atoms with Crippen LogP contribution in [-0.2, 0) is 16.2 Å². The quantitative estimate of drug-likeness (QED) is 0.199. The van der Waals surface area contributed by atoms with E-state index in [0.717, 1.165) is 0 Å². The fourth-order valence-corrected chi connectivity index (χ4v) is 6.54. The van der Waals surface area contributed by atoms with E-state index in [1.54, 1.807) is 0 Å². The summed E-state index contributed by atoms with van der Waals surface area (Å²) in [7, 11) is 0. The van der Waals surface area contributed by atoms with Crippen LogP contribution in [0.1, 0.15) is 79.0 Å². The van der Waals surface area contributed by atoms with E-state index < -0.39 is 0 Å².